The topological polar surface area (TPSA) is 60.7 Å². The molecule has 0 radical (unpaired) electrons. The van der Waals surface area contributed by atoms with Crippen LogP contribution >= 0.6 is 23.4 Å². The first-order valence-corrected chi connectivity index (χ1v) is 8.69. The number of aryl methyl sites for hydroxylation is 1. The largest absolute Gasteiger partial charge is 0.293 e. The van der Waals surface area contributed by atoms with Gasteiger partial charge in [0.2, 0.25) is 5.16 Å². The first-order chi connectivity index (χ1) is 11.6. The van der Waals surface area contributed by atoms with Gasteiger partial charge in [-0.1, -0.05) is 59.3 Å². The molecule has 122 valence electrons. The maximum atomic E-state index is 12.3. The Balaban J connectivity index is 1.78. The van der Waals surface area contributed by atoms with E-state index < -0.39 is 0 Å². The van der Waals surface area contributed by atoms with Crippen LogP contribution in [0.5, 0.6) is 0 Å². The van der Waals surface area contributed by atoms with Crippen LogP contribution in [0.25, 0.3) is 5.69 Å². The number of ketones is 1. The van der Waals surface area contributed by atoms with Gasteiger partial charge in [-0.15, -0.1) is 5.10 Å². The van der Waals surface area contributed by atoms with E-state index in [9.17, 15) is 4.79 Å². The van der Waals surface area contributed by atoms with E-state index in [-0.39, 0.29) is 11.5 Å². The number of rotatable bonds is 5. The normalized spacial score (nSPS) is 10.8. The molecule has 0 atom stereocenters. The monoisotopic (exact) mass is 358 g/mol. The summed E-state index contributed by atoms with van der Waals surface area (Å²) in [5.41, 5.74) is 3.50. The molecule has 3 aromatic rings. The third-order valence-corrected chi connectivity index (χ3v) is 4.94. The van der Waals surface area contributed by atoms with Gasteiger partial charge in [0.15, 0.2) is 5.78 Å². The lowest BCUT2D eigenvalue weighted by atomic mass is 10.1. The summed E-state index contributed by atoms with van der Waals surface area (Å²) < 4.78 is 1.61. The van der Waals surface area contributed by atoms with Crippen LogP contribution in [-0.4, -0.2) is 31.7 Å². The van der Waals surface area contributed by atoms with Gasteiger partial charge in [0.25, 0.3) is 0 Å². The summed E-state index contributed by atoms with van der Waals surface area (Å²) in [6.07, 6.45) is 0. The Labute approximate surface area is 149 Å². The Morgan fingerprint density at radius 3 is 2.67 bits per heavy atom. The molecule has 0 saturated heterocycles. The van der Waals surface area contributed by atoms with Crippen LogP contribution in [0, 0.1) is 13.8 Å². The van der Waals surface area contributed by atoms with Crippen LogP contribution in [0.15, 0.2) is 47.6 Å². The second kappa shape index (κ2) is 7.15. The van der Waals surface area contributed by atoms with Crippen LogP contribution in [0.1, 0.15) is 21.5 Å². The molecule has 0 fully saturated rings. The van der Waals surface area contributed by atoms with Gasteiger partial charge >= 0.3 is 0 Å². The molecule has 24 heavy (non-hydrogen) atoms. The molecular weight excluding hydrogens is 344 g/mol. The van der Waals surface area contributed by atoms with E-state index >= 15 is 0 Å². The Kier molecular flexibility index (Phi) is 4.97. The van der Waals surface area contributed by atoms with Crippen molar-refractivity contribution in [1.29, 1.82) is 0 Å². The van der Waals surface area contributed by atoms with Crippen LogP contribution in [-0.2, 0) is 0 Å². The van der Waals surface area contributed by atoms with Crippen molar-refractivity contribution in [2.45, 2.75) is 19.0 Å². The van der Waals surface area contributed by atoms with Crippen LogP contribution in [0.2, 0.25) is 5.02 Å². The average Bonchev–Trinajstić information content (AvgIpc) is 3.04. The van der Waals surface area contributed by atoms with Gasteiger partial charge in [-0.05, 0) is 42.0 Å². The summed E-state index contributed by atoms with van der Waals surface area (Å²) in [6.45, 7) is 3.90. The highest BCUT2D eigenvalue weighted by Crippen LogP contribution is 2.25. The van der Waals surface area contributed by atoms with Gasteiger partial charge in [-0.25, -0.2) is 0 Å². The molecule has 2 aromatic carbocycles. The second-order valence-corrected chi connectivity index (χ2v) is 6.68. The van der Waals surface area contributed by atoms with Crippen molar-refractivity contribution in [3.05, 3.63) is 64.2 Å². The van der Waals surface area contributed by atoms with Gasteiger partial charge in [0.1, 0.15) is 0 Å². The van der Waals surface area contributed by atoms with Crippen molar-refractivity contribution in [2.24, 2.45) is 0 Å². The predicted octanol–water partition coefficient (Wildman–Crippen LogP) is 3.91. The summed E-state index contributed by atoms with van der Waals surface area (Å²) in [7, 11) is 0. The fourth-order valence-corrected chi connectivity index (χ4v) is 3.15. The minimum atomic E-state index is 0.0392. The molecular formula is C17H15ClN4OS. The molecule has 0 aliphatic rings. The number of hydrogen-bond donors (Lipinski definition) is 0. The third-order valence-electron chi connectivity index (χ3n) is 3.61. The molecule has 5 nitrogen and oxygen atoms in total. The average molecular weight is 359 g/mol. The highest BCUT2D eigenvalue weighted by molar-refractivity contribution is 7.99. The Bertz CT molecular complexity index is 877. The highest BCUT2D eigenvalue weighted by Gasteiger charge is 2.14. The smallest absolute Gasteiger partial charge is 0.214 e. The van der Waals surface area contributed by atoms with Crippen molar-refractivity contribution < 1.29 is 4.79 Å². The molecule has 0 aliphatic heterocycles. The van der Waals surface area contributed by atoms with Crippen molar-refractivity contribution in [1.82, 2.24) is 20.2 Å². The third kappa shape index (κ3) is 3.49. The SMILES string of the molecule is Cc1ccc(C(=O)CSc2nnnn2-c2cccc(Cl)c2C)cc1. The number of Topliss-reactive ketones (excluding diaryl/α,β-unsaturated/α-hetero) is 1. The number of nitrogens with zero attached hydrogens (tertiary/aromatic N) is 4. The molecule has 0 amide bonds. The predicted molar refractivity (Wildman–Crippen MR) is 95.1 cm³/mol. The van der Waals surface area contributed by atoms with E-state index in [0.29, 0.717) is 15.7 Å². The summed E-state index contributed by atoms with van der Waals surface area (Å²) in [5, 5.41) is 13.0. The molecule has 1 aromatic heterocycles. The van der Waals surface area contributed by atoms with E-state index in [1.807, 2.05) is 56.3 Å². The lowest BCUT2D eigenvalue weighted by Gasteiger charge is -2.08. The summed E-state index contributed by atoms with van der Waals surface area (Å²) in [4.78, 5) is 12.3. The van der Waals surface area contributed by atoms with Gasteiger partial charge in [0.05, 0.1) is 11.4 Å². The van der Waals surface area contributed by atoms with E-state index in [2.05, 4.69) is 15.5 Å². The number of carbonyl (C=O) groups is 1. The molecule has 0 bridgehead atoms. The van der Waals surface area contributed by atoms with E-state index in [4.69, 9.17) is 11.6 Å². The van der Waals surface area contributed by atoms with Crippen molar-refractivity contribution in [3.63, 3.8) is 0 Å². The lowest BCUT2D eigenvalue weighted by Crippen LogP contribution is -2.06. The maximum Gasteiger partial charge on any atom is 0.214 e. The van der Waals surface area contributed by atoms with Gasteiger partial charge in [-0.2, -0.15) is 4.68 Å². The Hall–Kier alpha value is -2.18. The van der Waals surface area contributed by atoms with Gasteiger partial charge in [-0.3, -0.25) is 4.79 Å². The molecule has 0 aliphatic carbocycles. The number of hydrogen-bond acceptors (Lipinski definition) is 5. The quantitative estimate of drug-likeness (QED) is 0.511. The Morgan fingerprint density at radius 2 is 1.92 bits per heavy atom. The molecule has 0 saturated carbocycles. The van der Waals surface area contributed by atoms with E-state index in [1.165, 1.54) is 11.8 Å². The van der Waals surface area contributed by atoms with Crippen molar-refractivity contribution in [2.75, 3.05) is 5.75 Å². The highest BCUT2D eigenvalue weighted by atomic mass is 35.5. The van der Waals surface area contributed by atoms with Gasteiger partial charge < -0.3 is 0 Å². The minimum Gasteiger partial charge on any atom is -0.293 e. The lowest BCUT2D eigenvalue weighted by molar-refractivity contribution is 0.102. The zero-order chi connectivity index (χ0) is 17.1. The number of benzene rings is 2. The summed E-state index contributed by atoms with van der Waals surface area (Å²) >= 11 is 7.47. The molecule has 0 unspecified atom stereocenters. The fourth-order valence-electron chi connectivity index (χ4n) is 2.20. The Morgan fingerprint density at radius 1 is 1.17 bits per heavy atom. The van der Waals surface area contributed by atoms with Crippen LogP contribution in [0.4, 0.5) is 0 Å². The molecule has 0 spiro atoms. The number of thioether (sulfide) groups is 1. The van der Waals surface area contributed by atoms with Crippen LogP contribution < -0.4 is 0 Å². The van der Waals surface area contributed by atoms with Crippen LogP contribution in [0.3, 0.4) is 0 Å². The molecule has 3 rings (SSSR count). The van der Waals surface area contributed by atoms with Gasteiger partial charge in [0, 0.05) is 10.6 Å². The summed E-state index contributed by atoms with van der Waals surface area (Å²) in [6, 6.07) is 13.1. The number of tetrazole rings is 1. The number of halogens is 1. The maximum absolute atomic E-state index is 12.3. The minimum absolute atomic E-state index is 0.0392. The standard InChI is InChI=1S/C17H15ClN4OS/c1-11-6-8-13(9-7-11)16(23)10-24-17-19-20-21-22(17)15-5-3-4-14(18)12(15)2/h3-9H,10H2,1-2H3. The van der Waals surface area contributed by atoms with Crippen molar-refractivity contribution in [3.8, 4) is 5.69 Å². The first-order valence-electron chi connectivity index (χ1n) is 7.33. The zero-order valence-electron chi connectivity index (χ0n) is 13.2. The zero-order valence-corrected chi connectivity index (χ0v) is 14.8. The summed E-state index contributed by atoms with van der Waals surface area (Å²) in [5.74, 6) is 0.306. The second-order valence-electron chi connectivity index (χ2n) is 5.34. The molecule has 1 heterocycles. The van der Waals surface area contributed by atoms with E-state index in [0.717, 1.165) is 16.8 Å². The molecule has 7 heteroatoms. The number of carbonyl (C=O) groups excluding carboxylic acids is 1. The molecule has 0 N–H and O–H groups in total. The number of aromatic nitrogens is 4. The van der Waals surface area contributed by atoms with E-state index in [1.54, 1.807) is 4.68 Å². The fraction of sp³-hybridized carbons (Fsp3) is 0.176. The van der Waals surface area contributed by atoms with Crippen molar-refractivity contribution >= 4 is 29.1 Å². The first kappa shape index (κ1) is 16.7.